The van der Waals surface area contributed by atoms with Gasteiger partial charge in [-0.1, -0.05) is 12.1 Å². The standard InChI is InChI=1S/C19H25N5O/c1-3-10-23-11-9-19(8-7-18(23)25)15-24(13-12-22(19)2)17-6-4-5-16(14-20)21-17/h3-6H,1,7-13,15H2,2H3/t19-/m0/s1. The van der Waals surface area contributed by atoms with Crippen LogP contribution in [-0.4, -0.2) is 66.0 Å². The highest BCUT2D eigenvalue weighted by atomic mass is 16.2. The van der Waals surface area contributed by atoms with Gasteiger partial charge < -0.3 is 9.80 Å². The van der Waals surface area contributed by atoms with Crippen LogP contribution in [0.15, 0.2) is 30.9 Å². The van der Waals surface area contributed by atoms with Gasteiger partial charge >= 0.3 is 0 Å². The lowest BCUT2D eigenvalue weighted by molar-refractivity contribution is -0.130. The number of likely N-dealkylation sites (N-methyl/N-ethyl adjacent to an activating group) is 1. The molecule has 1 atom stereocenters. The quantitative estimate of drug-likeness (QED) is 0.784. The third kappa shape index (κ3) is 3.52. The molecule has 6 nitrogen and oxygen atoms in total. The maximum Gasteiger partial charge on any atom is 0.222 e. The van der Waals surface area contributed by atoms with E-state index in [0.29, 0.717) is 18.7 Å². The fourth-order valence-corrected chi connectivity index (χ4v) is 3.90. The first-order valence-corrected chi connectivity index (χ1v) is 8.80. The van der Waals surface area contributed by atoms with Crippen LogP contribution in [0.1, 0.15) is 25.0 Å². The van der Waals surface area contributed by atoms with Crippen LogP contribution in [0.2, 0.25) is 0 Å². The summed E-state index contributed by atoms with van der Waals surface area (Å²) < 4.78 is 0. The van der Waals surface area contributed by atoms with E-state index in [1.54, 1.807) is 12.1 Å². The molecule has 0 unspecified atom stereocenters. The highest BCUT2D eigenvalue weighted by Gasteiger charge is 2.42. The molecule has 0 bridgehead atoms. The SMILES string of the molecule is C=CCN1CC[C@@]2(CCC1=O)CN(c1cccc(C#N)n1)CCN2C. The Hall–Kier alpha value is -2.39. The third-order valence-corrected chi connectivity index (χ3v) is 5.53. The Morgan fingerprint density at radius 1 is 1.36 bits per heavy atom. The molecule has 6 heteroatoms. The van der Waals surface area contributed by atoms with Crippen LogP contribution in [0, 0.1) is 11.3 Å². The number of carbonyl (C=O) groups is 1. The van der Waals surface area contributed by atoms with E-state index < -0.39 is 0 Å². The first-order chi connectivity index (χ1) is 12.1. The number of pyridine rings is 1. The molecule has 25 heavy (non-hydrogen) atoms. The molecule has 0 N–H and O–H groups in total. The summed E-state index contributed by atoms with van der Waals surface area (Å²) in [5, 5.41) is 9.10. The first kappa shape index (κ1) is 17.4. The van der Waals surface area contributed by atoms with Gasteiger partial charge in [0.25, 0.3) is 0 Å². The number of carbonyl (C=O) groups excluding carboxylic acids is 1. The zero-order valence-electron chi connectivity index (χ0n) is 14.8. The van der Waals surface area contributed by atoms with Gasteiger partial charge in [0.1, 0.15) is 17.6 Å². The lowest BCUT2D eigenvalue weighted by Gasteiger charge is -2.49. The number of hydrogen-bond donors (Lipinski definition) is 0. The fraction of sp³-hybridized carbons (Fsp3) is 0.526. The largest absolute Gasteiger partial charge is 0.353 e. The Morgan fingerprint density at radius 2 is 2.20 bits per heavy atom. The van der Waals surface area contributed by atoms with Crippen molar-refractivity contribution in [3.63, 3.8) is 0 Å². The summed E-state index contributed by atoms with van der Waals surface area (Å²) in [7, 11) is 2.16. The second-order valence-corrected chi connectivity index (χ2v) is 6.94. The average Bonchev–Trinajstić information content (AvgIpc) is 2.79. The second kappa shape index (κ2) is 7.24. The van der Waals surface area contributed by atoms with Gasteiger partial charge in [-0.25, -0.2) is 4.98 Å². The molecule has 1 amide bonds. The van der Waals surface area contributed by atoms with E-state index in [1.807, 2.05) is 17.0 Å². The van der Waals surface area contributed by atoms with Crippen molar-refractivity contribution in [2.24, 2.45) is 0 Å². The molecule has 2 saturated heterocycles. The number of nitrogens with zero attached hydrogens (tertiary/aromatic N) is 5. The van der Waals surface area contributed by atoms with Crippen molar-refractivity contribution >= 4 is 11.7 Å². The summed E-state index contributed by atoms with van der Waals surface area (Å²) in [6.07, 6.45) is 4.16. The lowest BCUT2D eigenvalue weighted by atomic mass is 9.86. The molecule has 2 fully saturated rings. The summed E-state index contributed by atoms with van der Waals surface area (Å²) in [6, 6.07) is 7.69. The summed E-state index contributed by atoms with van der Waals surface area (Å²) in [5.41, 5.74) is 0.410. The Kier molecular flexibility index (Phi) is 5.05. The average molecular weight is 339 g/mol. The van der Waals surface area contributed by atoms with E-state index in [9.17, 15) is 4.79 Å². The second-order valence-electron chi connectivity index (χ2n) is 6.94. The van der Waals surface area contributed by atoms with Crippen molar-refractivity contribution in [1.82, 2.24) is 14.8 Å². The Morgan fingerprint density at radius 3 is 2.96 bits per heavy atom. The molecule has 2 aliphatic rings. The van der Waals surface area contributed by atoms with Crippen molar-refractivity contribution in [3.05, 3.63) is 36.5 Å². The van der Waals surface area contributed by atoms with Crippen LogP contribution in [0.5, 0.6) is 0 Å². The third-order valence-electron chi connectivity index (χ3n) is 5.53. The van der Waals surface area contributed by atoms with Gasteiger partial charge in [0.05, 0.1) is 0 Å². The smallest absolute Gasteiger partial charge is 0.222 e. The topological polar surface area (TPSA) is 63.5 Å². The van der Waals surface area contributed by atoms with E-state index in [4.69, 9.17) is 5.26 Å². The van der Waals surface area contributed by atoms with Crippen molar-refractivity contribution in [3.8, 4) is 6.07 Å². The Labute approximate surface area is 149 Å². The molecule has 1 aromatic heterocycles. The zero-order chi connectivity index (χ0) is 17.9. The monoisotopic (exact) mass is 339 g/mol. The highest BCUT2D eigenvalue weighted by molar-refractivity contribution is 5.76. The minimum Gasteiger partial charge on any atom is -0.353 e. The number of hydrogen-bond acceptors (Lipinski definition) is 5. The molecular weight excluding hydrogens is 314 g/mol. The number of aromatic nitrogens is 1. The van der Waals surface area contributed by atoms with Crippen LogP contribution < -0.4 is 4.90 Å². The molecule has 3 heterocycles. The zero-order valence-corrected chi connectivity index (χ0v) is 14.8. The molecule has 3 rings (SSSR count). The predicted octanol–water partition coefficient (Wildman–Crippen LogP) is 1.64. The Balaban J connectivity index is 1.81. The van der Waals surface area contributed by atoms with Crippen LogP contribution >= 0.6 is 0 Å². The van der Waals surface area contributed by atoms with Gasteiger partial charge in [-0.3, -0.25) is 9.69 Å². The number of anilines is 1. The van der Waals surface area contributed by atoms with E-state index in [0.717, 1.165) is 44.8 Å². The van der Waals surface area contributed by atoms with E-state index >= 15 is 0 Å². The van der Waals surface area contributed by atoms with Gasteiger partial charge in [-0.05, 0) is 32.0 Å². The lowest BCUT2D eigenvalue weighted by Crippen LogP contribution is -2.61. The molecule has 0 aromatic carbocycles. The van der Waals surface area contributed by atoms with E-state index in [-0.39, 0.29) is 11.4 Å². The minimum atomic E-state index is -0.0336. The number of nitriles is 1. The summed E-state index contributed by atoms with van der Waals surface area (Å²) in [4.78, 5) is 23.4. The molecule has 2 aliphatic heterocycles. The van der Waals surface area contributed by atoms with Crippen LogP contribution in [-0.2, 0) is 4.79 Å². The van der Waals surface area contributed by atoms with Gasteiger partial charge in [0.2, 0.25) is 5.91 Å². The first-order valence-electron chi connectivity index (χ1n) is 8.80. The highest BCUT2D eigenvalue weighted by Crippen LogP contribution is 2.33. The van der Waals surface area contributed by atoms with Crippen LogP contribution in [0.4, 0.5) is 5.82 Å². The van der Waals surface area contributed by atoms with Gasteiger partial charge in [0, 0.05) is 44.7 Å². The van der Waals surface area contributed by atoms with Gasteiger partial charge in [-0.15, -0.1) is 6.58 Å². The van der Waals surface area contributed by atoms with Crippen molar-refractivity contribution in [2.75, 3.05) is 44.7 Å². The van der Waals surface area contributed by atoms with E-state index in [1.165, 1.54) is 0 Å². The van der Waals surface area contributed by atoms with Crippen molar-refractivity contribution < 1.29 is 4.79 Å². The number of likely N-dealkylation sites (tertiary alicyclic amines) is 1. The van der Waals surface area contributed by atoms with Crippen molar-refractivity contribution in [2.45, 2.75) is 24.8 Å². The molecule has 0 aliphatic carbocycles. The molecule has 1 spiro atoms. The summed E-state index contributed by atoms with van der Waals surface area (Å²) in [5.74, 6) is 1.07. The maximum absolute atomic E-state index is 12.4. The van der Waals surface area contributed by atoms with Crippen LogP contribution in [0.3, 0.4) is 0 Å². The predicted molar refractivity (Wildman–Crippen MR) is 97.2 cm³/mol. The maximum atomic E-state index is 12.4. The normalized spacial score (nSPS) is 24.9. The molecule has 0 radical (unpaired) electrons. The molecular formula is C19H25N5O. The van der Waals surface area contributed by atoms with E-state index in [2.05, 4.69) is 34.5 Å². The fourth-order valence-electron chi connectivity index (χ4n) is 3.90. The summed E-state index contributed by atoms with van der Waals surface area (Å²) in [6.45, 7) is 7.78. The summed E-state index contributed by atoms with van der Waals surface area (Å²) >= 11 is 0. The molecule has 0 saturated carbocycles. The van der Waals surface area contributed by atoms with Gasteiger partial charge in [-0.2, -0.15) is 5.26 Å². The Bertz CT molecular complexity index is 697. The van der Waals surface area contributed by atoms with Crippen molar-refractivity contribution in [1.29, 1.82) is 5.26 Å². The number of rotatable bonds is 3. The number of amides is 1. The van der Waals surface area contributed by atoms with Crippen LogP contribution in [0.25, 0.3) is 0 Å². The van der Waals surface area contributed by atoms with Gasteiger partial charge in [0.15, 0.2) is 0 Å². The number of piperazine rings is 1. The molecule has 1 aromatic rings. The molecule has 132 valence electrons. The minimum absolute atomic E-state index is 0.0336.